The van der Waals surface area contributed by atoms with E-state index in [2.05, 4.69) is 17.1 Å². The van der Waals surface area contributed by atoms with Crippen molar-refractivity contribution in [3.8, 4) is 5.75 Å². The third-order valence-corrected chi connectivity index (χ3v) is 2.84. The van der Waals surface area contributed by atoms with Gasteiger partial charge in [0.2, 0.25) is 5.89 Å². The van der Waals surface area contributed by atoms with Gasteiger partial charge in [-0.1, -0.05) is 24.2 Å². The smallest absolute Gasteiger partial charge is 0.226 e. The van der Waals surface area contributed by atoms with Gasteiger partial charge in [-0.05, 0) is 38.0 Å². The SMILES string of the molecule is CCCc1nc(C(N)c2ccc(OC(C)C)cc2)no1. The van der Waals surface area contributed by atoms with E-state index in [0.29, 0.717) is 11.7 Å². The van der Waals surface area contributed by atoms with Gasteiger partial charge < -0.3 is 15.0 Å². The molecular weight excluding hydrogens is 254 g/mol. The van der Waals surface area contributed by atoms with E-state index >= 15 is 0 Å². The summed E-state index contributed by atoms with van der Waals surface area (Å²) in [6.07, 6.45) is 1.90. The topological polar surface area (TPSA) is 74.2 Å². The van der Waals surface area contributed by atoms with E-state index in [9.17, 15) is 0 Å². The first-order valence-corrected chi connectivity index (χ1v) is 6.94. The number of nitrogens with two attached hydrogens (primary N) is 1. The molecule has 20 heavy (non-hydrogen) atoms. The van der Waals surface area contributed by atoms with Crippen LogP contribution in [0.2, 0.25) is 0 Å². The highest BCUT2D eigenvalue weighted by Crippen LogP contribution is 2.21. The zero-order valence-electron chi connectivity index (χ0n) is 12.2. The molecule has 0 bridgehead atoms. The molecule has 0 amide bonds. The van der Waals surface area contributed by atoms with Crippen molar-refractivity contribution in [2.24, 2.45) is 5.73 Å². The van der Waals surface area contributed by atoms with Crippen LogP contribution < -0.4 is 10.5 Å². The molecule has 2 aromatic rings. The molecule has 1 heterocycles. The molecule has 1 aromatic carbocycles. The molecule has 0 saturated carbocycles. The third-order valence-electron chi connectivity index (χ3n) is 2.84. The normalized spacial score (nSPS) is 12.7. The minimum absolute atomic E-state index is 0.156. The lowest BCUT2D eigenvalue weighted by molar-refractivity contribution is 0.242. The molecule has 2 N–H and O–H groups in total. The highest BCUT2D eigenvalue weighted by Gasteiger charge is 2.16. The number of benzene rings is 1. The van der Waals surface area contributed by atoms with Gasteiger partial charge in [-0.3, -0.25) is 0 Å². The lowest BCUT2D eigenvalue weighted by Gasteiger charge is -2.11. The van der Waals surface area contributed by atoms with Gasteiger partial charge in [-0.15, -0.1) is 0 Å². The number of hydrogen-bond acceptors (Lipinski definition) is 5. The summed E-state index contributed by atoms with van der Waals surface area (Å²) in [6, 6.07) is 7.29. The molecule has 0 fully saturated rings. The monoisotopic (exact) mass is 275 g/mol. The van der Waals surface area contributed by atoms with E-state index in [0.717, 1.165) is 24.2 Å². The van der Waals surface area contributed by atoms with Crippen molar-refractivity contribution in [3.63, 3.8) is 0 Å². The number of ether oxygens (including phenoxy) is 1. The van der Waals surface area contributed by atoms with Crippen LogP contribution in [0.5, 0.6) is 5.75 Å². The van der Waals surface area contributed by atoms with Crippen molar-refractivity contribution in [1.82, 2.24) is 10.1 Å². The van der Waals surface area contributed by atoms with Crippen molar-refractivity contribution in [2.75, 3.05) is 0 Å². The molecule has 2 rings (SSSR count). The first kappa shape index (κ1) is 14.5. The van der Waals surface area contributed by atoms with Crippen LogP contribution in [0.4, 0.5) is 0 Å². The second kappa shape index (κ2) is 6.52. The molecule has 1 unspecified atom stereocenters. The number of rotatable bonds is 6. The predicted octanol–water partition coefficient (Wildman–Crippen LogP) is 2.86. The Morgan fingerprint density at radius 2 is 1.95 bits per heavy atom. The van der Waals surface area contributed by atoms with Gasteiger partial charge in [-0.25, -0.2) is 0 Å². The lowest BCUT2D eigenvalue weighted by atomic mass is 10.1. The summed E-state index contributed by atoms with van der Waals surface area (Å²) >= 11 is 0. The number of aryl methyl sites for hydroxylation is 1. The van der Waals surface area contributed by atoms with Crippen molar-refractivity contribution in [2.45, 2.75) is 45.8 Å². The average Bonchev–Trinajstić information content (AvgIpc) is 2.87. The molecule has 0 saturated heterocycles. The van der Waals surface area contributed by atoms with Crippen LogP contribution in [0.25, 0.3) is 0 Å². The number of nitrogens with zero attached hydrogens (tertiary/aromatic N) is 2. The quantitative estimate of drug-likeness (QED) is 0.877. The highest BCUT2D eigenvalue weighted by atomic mass is 16.5. The first-order chi connectivity index (χ1) is 9.60. The number of aromatic nitrogens is 2. The van der Waals surface area contributed by atoms with Crippen molar-refractivity contribution < 1.29 is 9.26 Å². The van der Waals surface area contributed by atoms with Gasteiger partial charge in [0.1, 0.15) is 5.75 Å². The fraction of sp³-hybridized carbons (Fsp3) is 0.467. The Hall–Kier alpha value is -1.88. The van der Waals surface area contributed by atoms with Crippen LogP contribution in [0.1, 0.15) is 50.5 Å². The largest absolute Gasteiger partial charge is 0.491 e. The Morgan fingerprint density at radius 3 is 2.55 bits per heavy atom. The Kier molecular flexibility index (Phi) is 4.74. The third kappa shape index (κ3) is 3.57. The molecule has 0 spiro atoms. The predicted molar refractivity (Wildman–Crippen MR) is 76.5 cm³/mol. The molecule has 0 aliphatic carbocycles. The molecule has 0 aliphatic rings. The molecule has 5 nitrogen and oxygen atoms in total. The summed E-state index contributed by atoms with van der Waals surface area (Å²) < 4.78 is 10.8. The zero-order chi connectivity index (χ0) is 14.5. The first-order valence-electron chi connectivity index (χ1n) is 6.94. The Morgan fingerprint density at radius 1 is 1.25 bits per heavy atom. The van der Waals surface area contributed by atoms with E-state index < -0.39 is 0 Å². The van der Waals surface area contributed by atoms with Gasteiger partial charge in [0.15, 0.2) is 5.82 Å². The maximum Gasteiger partial charge on any atom is 0.226 e. The van der Waals surface area contributed by atoms with Crippen molar-refractivity contribution >= 4 is 0 Å². The van der Waals surface area contributed by atoms with Crippen molar-refractivity contribution in [3.05, 3.63) is 41.5 Å². The second-order valence-corrected chi connectivity index (χ2v) is 5.01. The summed E-state index contributed by atoms with van der Waals surface area (Å²) in [4.78, 5) is 4.31. The van der Waals surface area contributed by atoms with Crippen LogP contribution in [0, 0.1) is 0 Å². The summed E-state index contributed by atoms with van der Waals surface area (Å²) in [6.45, 7) is 6.06. The molecular formula is C15H21N3O2. The summed E-state index contributed by atoms with van der Waals surface area (Å²) in [5.74, 6) is 1.99. The molecule has 5 heteroatoms. The van der Waals surface area contributed by atoms with Gasteiger partial charge >= 0.3 is 0 Å². The molecule has 0 aliphatic heterocycles. The van der Waals surface area contributed by atoms with Crippen LogP contribution in [-0.2, 0) is 6.42 Å². The number of hydrogen-bond donors (Lipinski definition) is 1. The van der Waals surface area contributed by atoms with E-state index in [-0.39, 0.29) is 12.1 Å². The molecule has 1 atom stereocenters. The van der Waals surface area contributed by atoms with Gasteiger partial charge in [0.05, 0.1) is 12.1 Å². The van der Waals surface area contributed by atoms with Gasteiger partial charge in [0.25, 0.3) is 0 Å². The Balaban J connectivity index is 2.09. The van der Waals surface area contributed by atoms with Gasteiger partial charge in [0, 0.05) is 6.42 Å². The van der Waals surface area contributed by atoms with Crippen molar-refractivity contribution in [1.29, 1.82) is 0 Å². The van der Waals surface area contributed by atoms with E-state index in [1.165, 1.54) is 0 Å². The molecule has 1 aromatic heterocycles. The molecule has 108 valence electrons. The zero-order valence-corrected chi connectivity index (χ0v) is 12.2. The lowest BCUT2D eigenvalue weighted by Crippen LogP contribution is -2.14. The maximum absolute atomic E-state index is 6.15. The minimum Gasteiger partial charge on any atom is -0.491 e. The second-order valence-electron chi connectivity index (χ2n) is 5.01. The van der Waals surface area contributed by atoms with Crippen LogP contribution in [-0.4, -0.2) is 16.2 Å². The average molecular weight is 275 g/mol. The maximum atomic E-state index is 6.15. The summed E-state index contributed by atoms with van der Waals surface area (Å²) in [5, 5.41) is 3.94. The van der Waals surface area contributed by atoms with Gasteiger partial charge in [-0.2, -0.15) is 4.98 Å². The Labute approximate surface area is 119 Å². The van der Waals surface area contributed by atoms with Crippen LogP contribution in [0.3, 0.4) is 0 Å². The van der Waals surface area contributed by atoms with Crippen LogP contribution in [0.15, 0.2) is 28.8 Å². The Bertz CT molecular complexity index is 534. The van der Waals surface area contributed by atoms with Crippen LogP contribution >= 0.6 is 0 Å². The summed E-state index contributed by atoms with van der Waals surface area (Å²) in [7, 11) is 0. The minimum atomic E-state index is -0.377. The van der Waals surface area contributed by atoms with E-state index in [1.807, 2.05) is 38.1 Å². The fourth-order valence-electron chi connectivity index (χ4n) is 1.88. The molecule has 0 radical (unpaired) electrons. The fourth-order valence-corrected chi connectivity index (χ4v) is 1.88. The van der Waals surface area contributed by atoms with E-state index in [1.54, 1.807) is 0 Å². The standard InChI is InChI=1S/C15H21N3O2/c1-4-5-13-17-15(18-20-13)14(16)11-6-8-12(9-7-11)19-10(2)3/h6-10,14H,4-5,16H2,1-3H3. The highest BCUT2D eigenvalue weighted by molar-refractivity contribution is 5.31. The van der Waals surface area contributed by atoms with E-state index in [4.69, 9.17) is 15.0 Å². The summed E-state index contributed by atoms with van der Waals surface area (Å²) in [5.41, 5.74) is 7.09.